The molecule has 0 saturated heterocycles. The number of alkyl halides is 1. The molecular formula is C12H24BrNO2. The topological polar surface area (TPSA) is 38.3 Å². The molecule has 1 unspecified atom stereocenters. The van der Waals surface area contributed by atoms with Crippen molar-refractivity contribution in [2.75, 3.05) is 19.8 Å². The minimum atomic E-state index is -0.0934. The Morgan fingerprint density at radius 3 is 2.44 bits per heavy atom. The van der Waals surface area contributed by atoms with E-state index in [4.69, 9.17) is 4.74 Å². The molecule has 0 radical (unpaired) electrons. The van der Waals surface area contributed by atoms with Gasteiger partial charge in [0, 0.05) is 19.8 Å². The van der Waals surface area contributed by atoms with Gasteiger partial charge in [-0.25, -0.2) is 0 Å². The van der Waals surface area contributed by atoms with E-state index in [2.05, 4.69) is 35.1 Å². The van der Waals surface area contributed by atoms with Crippen LogP contribution in [0.2, 0.25) is 0 Å². The lowest BCUT2D eigenvalue weighted by Crippen LogP contribution is -2.34. The zero-order valence-electron chi connectivity index (χ0n) is 10.8. The van der Waals surface area contributed by atoms with E-state index in [1.54, 1.807) is 0 Å². The molecule has 0 saturated carbocycles. The minimum absolute atomic E-state index is 0.0684. The number of rotatable bonds is 8. The van der Waals surface area contributed by atoms with E-state index in [0.29, 0.717) is 25.0 Å². The average molecular weight is 294 g/mol. The molecule has 1 N–H and O–H groups in total. The fourth-order valence-corrected chi connectivity index (χ4v) is 1.27. The zero-order chi connectivity index (χ0) is 12.6. The molecule has 0 aliphatic heterocycles. The summed E-state index contributed by atoms with van der Waals surface area (Å²) < 4.78 is 5.42. The van der Waals surface area contributed by atoms with Gasteiger partial charge in [0.05, 0.1) is 4.83 Å². The Labute approximate surface area is 107 Å². The van der Waals surface area contributed by atoms with E-state index in [0.717, 1.165) is 13.0 Å². The second kappa shape index (κ2) is 8.99. The fraction of sp³-hybridized carbons (Fsp3) is 0.917. The lowest BCUT2D eigenvalue weighted by atomic mass is 10.1. The summed E-state index contributed by atoms with van der Waals surface area (Å²) in [6, 6.07) is 0. The molecule has 0 aliphatic carbocycles. The van der Waals surface area contributed by atoms with Gasteiger partial charge < -0.3 is 10.1 Å². The van der Waals surface area contributed by atoms with Gasteiger partial charge in [-0.1, -0.05) is 43.6 Å². The molecule has 0 aliphatic rings. The van der Waals surface area contributed by atoms with Crippen molar-refractivity contribution in [3.05, 3.63) is 0 Å². The number of hydrogen-bond acceptors (Lipinski definition) is 2. The molecule has 16 heavy (non-hydrogen) atoms. The summed E-state index contributed by atoms with van der Waals surface area (Å²) in [5, 5.41) is 2.89. The molecule has 0 aromatic carbocycles. The third-order valence-corrected chi connectivity index (χ3v) is 3.52. The molecule has 0 heterocycles. The predicted molar refractivity (Wildman–Crippen MR) is 70.8 cm³/mol. The van der Waals surface area contributed by atoms with Crippen LogP contribution in [0.3, 0.4) is 0 Å². The van der Waals surface area contributed by atoms with Crippen molar-refractivity contribution < 1.29 is 9.53 Å². The highest BCUT2D eigenvalue weighted by Gasteiger charge is 2.17. The van der Waals surface area contributed by atoms with Gasteiger partial charge in [0.15, 0.2) is 0 Å². The molecular weight excluding hydrogens is 270 g/mol. The van der Waals surface area contributed by atoms with Crippen molar-refractivity contribution in [2.45, 2.75) is 38.9 Å². The van der Waals surface area contributed by atoms with Gasteiger partial charge in [0.2, 0.25) is 5.91 Å². The number of halogens is 1. The molecule has 1 atom stereocenters. The zero-order valence-corrected chi connectivity index (χ0v) is 12.3. The maximum atomic E-state index is 11.5. The van der Waals surface area contributed by atoms with Crippen LogP contribution in [0, 0.1) is 11.8 Å². The fourth-order valence-electron chi connectivity index (χ4n) is 1.11. The van der Waals surface area contributed by atoms with Gasteiger partial charge in [0.1, 0.15) is 0 Å². The number of ether oxygens (including phenoxy) is 1. The van der Waals surface area contributed by atoms with Gasteiger partial charge in [-0.3, -0.25) is 4.79 Å². The Morgan fingerprint density at radius 2 is 1.94 bits per heavy atom. The van der Waals surface area contributed by atoms with Crippen LogP contribution in [-0.4, -0.2) is 30.5 Å². The molecule has 0 bridgehead atoms. The Morgan fingerprint density at radius 1 is 1.31 bits per heavy atom. The van der Waals surface area contributed by atoms with E-state index in [9.17, 15) is 4.79 Å². The summed E-state index contributed by atoms with van der Waals surface area (Å²) in [7, 11) is 0. The number of carbonyl (C=O) groups excluding carboxylic acids is 1. The Kier molecular flexibility index (Phi) is 8.94. The number of nitrogens with one attached hydrogen (secondary N) is 1. The normalized spacial score (nSPS) is 13.2. The largest absolute Gasteiger partial charge is 0.381 e. The first-order chi connectivity index (χ1) is 7.45. The molecule has 1 amide bonds. The van der Waals surface area contributed by atoms with Crippen molar-refractivity contribution >= 4 is 21.8 Å². The number of carbonyl (C=O) groups is 1. The Hall–Kier alpha value is -0.0900. The highest BCUT2D eigenvalue weighted by atomic mass is 79.9. The van der Waals surface area contributed by atoms with Crippen LogP contribution in [0.5, 0.6) is 0 Å². The van der Waals surface area contributed by atoms with Crippen molar-refractivity contribution in [2.24, 2.45) is 11.8 Å². The highest BCUT2D eigenvalue weighted by Crippen LogP contribution is 2.11. The smallest absolute Gasteiger partial charge is 0.234 e. The van der Waals surface area contributed by atoms with E-state index in [-0.39, 0.29) is 10.7 Å². The first kappa shape index (κ1) is 15.9. The first-order valence-electron chi connectivity index (χ1n) is 5.94. The number of hydrogen-bond donors (Lipinski definition) is 1. The quantitative estimate of drug-likeness (QED) is 0.552. The Bertz CT molecular complexity index is 195. The first-order valence-corrected chi connectivity index (χ1v) is 6.86. The van der Waals surface area contributed by atoms with Crippen LogP contribution in [0.15, 0.2) is 0 Å². The second-order valence-corrected chi connectivity index (χ2v) is 5.75. The predicted octanol–water partition coefficient (Wildman–Crippen LogP) is 2.58. The minimum Gasteiger partial charge on any atom is -0.381 e. The third-order valence-electron chi connectivity index (χ3n) is 2.05. The summed E-state index contributed by atoms with van der Waals surface area (Å²) in [5.74, 6) is 0.957. The van der Waals surface area contributed by atoms with E-state index in [1.165, 1.54) is 0 Å². The van der Waals surface area contributed by atoms with Crippen LogP contribution in [0.4, 0.5) is 0 Å². The van der Waals surface area contributed by atoms with E-state index < -0.39 is 0 Å². The summed E-state index contributed by atoms with van der Waals surface area (Å²) >= 11 is 3.37. The van der Waals surface area contributed by atoms with Crippen molar-refractivity contribution in [1.29, 1.82) is 0 Å². The van der Waals surface area contributed by atoms with Crippen LogP contribution < -0.4 is 5.32 Å². The number of amides is 1. The molecule has 0 spiro atoms. The van der Waals surface area contributed by atoms with Gasteiger partial charge in [-0.2, -0.15) is 0 Å². The summed E-state index contributed by atoms with van der Waals surface area (Å²) in [6.07, 6.45) is 0.871. The highest BCUT2D eigenvalue weighted by molar-refractivity contribution is 9.10. The van der Waals surface area contributed by atoms with Crippen molar-refractivity contribution in [3.8, 4) is 0 Å². The van der Waals surface area contributed by atoms with E-state index >= 15 is 0 Å². The maximum absolute atomic E-state index is 11.5. The molecule has 3 nitrogen and oxygen atoms in total. The molecule has 0 aromatic heterocycles. The van der Waals surface area contributed by atoms with Gasteiger partial charge in [0.25, 0.3) is 0 Å². The summed E-state index contributed by atoms with van der Waals surface area (Å²) in [4.78, 5) is 11.4. The monoisotopic (exact) mass is 293 g/mol. The van der Waals surface area contributed by atoms with Gasteiger partial charge in [-0.15, -0.1) is 0 Å². The summed E-state index contributed by atoms with van der Waals surface area (Å²) in [6.45, 7) is 10.5. The molecule has 0 rings (SSSR count). The molecule has 96 valence electrons. The van der Waals surface area contributed by atoms with Crippen LogP contribution in [-0.2, 0) is 9.53 Å². The molecule has 0 fully saturated rings. The van der Waals surface area contributed by atoms with Crippen LogP contribution in [0.25, 0.3) is 0 Å². The Balaban J connectivity index is 3.41. The van der Waals surface area contributed by atoms with Crippen LogP contribution in [0.1, 0.15) is 34.1 Å². The maximum Gasteiger partial charge on any atom is 0.234 e. The van der Waals surface area contributed by atoms with Crippen LogP contribution >= 0.6 is 15.9 Å². The lowest BCUT2D eigenvalue weighted by Gasteiger charge is -2.13. The van der Waals surface area contributed by atoms with Crippen molar-refractivity contribution in [3.63, 3.8) is 0 Å². The van der Waals surface area contributed by atoms with Gasteiger partial charge in [-0.05, 0) is 18.3 Å². The SMILES string of the molecule is CC(C)COCCCNC(=O)C(Br)C(C)C. The molecule has 4 heteroatoms. The van der Waals surface area contributed by atoms with E-state index in [1.807, 2.05) is 13.8 Å². The third kappa shape index (κ3) is 8.11. The summed E-state index contributed by atoms with van der Waals surface area (Å²) in [5.41, 5.74) is 0. The van der Waals surface area contributed by atoms with Gasteiger partial charge >= 0.3 is 0 Å². The average Bonchev–Trinajstić information content (AvgIpc) is 2.21. The lowest BCUT2D eigenvalue weighted by molar-refractivity contribution is -0.121. The van der Waals surface area contributed by atoms with Crippen molar-refractivity contribution in [1.82, 2.24) is 5.32 Å². The standard InChI is InChI=1S/C12H24BrNO2/c1-9(2)8-16-7-5-6-14-12(15)11(13)10(3)4/h9-11H,5-8H2,1-4H3,(H,14,15). The molecule has 0 aromatic rings. The second-order valence-electron chi connectivity index (χ2n) is 4.76.